The molecule has 0 aromatic carbocycles. The molecule has 0 aromatic rings. The summed E-state index contributed by atoms with van der Waals surface area (Å²) in [4.78, 5) is 13.6. The van der Waals surface area contributed by atoms with E-state index in [2.05, 4.69) is 6.92 Å². The van der Waals surface area contributed by atoms with E-state index >= 15 is 0 Å². The van der Waals surface area contributed by atoms with Crippen LogP contribution < -0.4 is 0 Å². The smallest absolute Gasteiger partial charge is 0.305 e. The average molecular weight is 398 g/mol. The normalized spacial score (nSPS) is 19.8. The first-order chi connectivity index (χ1) is 13.5. The lowest BCUT2D eigenvalue weighted by atomic mass is 10.0. The molecule has 1 saturated carbocycles. The number of rotatable bonds is 19. The fourth-order valence-electron chi connectivity index (χ4n) is 4.15. The number of carbonyl (C=O) groups is 1. The number of ether oxygens (including phenoxy) is 1. The zero-order chi connectivity index (χ0) is 20.6. The molecule has 166 valence electrons. The lowest BCUT2D eigenvalue weighted by Crippen LogP contribution is -2.30. The van der Waals surface area contributed by atoms with Crippen molar-refractivity contribution in [3.63, 3.8) is 0 Å². The molecule has 0 aliphatic heterocycles. The van der Waals surface area contributed by atoms with E-state index in [9.17, 15) is 9.90 Å². The summed E-state index contributed by atoms with van der Waals surface area (Å²) in [5, 5.41) is 9.68. The molecule has 0 heterocycles. The third kappa shape index (κ3) is 14.4. The second kappa shape index (κ2) is 16.2. The lowest BCUT2D eigenvalue weighted by molar-refractivity contribution is -0.147. The maximum absolute atomic E-state index is 11.7. The Bertz CT molecular complexity index is 386. The maximum Gasteiger partial charge on any atom is 0.305 e. The van der Waals surface area contributed by atoms with Crippen LogP contribution in [0.15, 0.2) is 0 Å². The highest BCUT2D eigenvalue weighted by atomic mass is 16.5. The zero-order valence-electron chi connectivity index (χ0n) is 19.0. The minimum atomic E-state index is -0.591. The highest BCUT2D eigenvalue weighted by Crippen LogP contribution is 2.45. The molecular weight excluding hydrogens is 350 g/mol. The fourth-order valence-corrected chi connectivity index (χ4v) is 4.15. The minimum Gasteiger partial charge on any atom is -0.463 e. The van der Waals surface area contributed by atoms with Gasteiger partial charge in [-0.1, -0.05) is 84.0 Å². The number of nitrogens with zero attached hydrogens (tertiary/aromatic N) is 1. The number of carbonyl (C=O) groups excluding carboxylic acids is 1. The van der Waals surface area contributed by atoms with Gasteiger partial charge in [0.1, 0.15) is 12.7 Å². The summed E-state index contributed by atoms with van der Waals surface area (Å²) in [5.41, 5.74) is 0. The quantitative estimate of drug-likeness (QED) is 0.229. The third-order valence-corrected chi connectivity index (χ3v) is 5.97. The van der Waals surface area contributed by atoms with Crippen molar-refractivity contribution in [3.8, 4) is 0 Å². The van der Waals surface area contributed by atoms with Crippen molar-refractivity contribution in [1.82, 2.24) is 4.90 Å². The average Bonchev–Trinajstić information content (AvgIpc) is 3.39. The van der Waals surface area contributed by atoms with Crippen molar-refractivity contribution in [3.05, 3.63) is 0 Å². The number of aliphatic hydroxyl groups is 1. The van der Waals surface area contributed by atoms with E-state index in [0.29, 0.717) is 13.0 Å². The Morgan fingerprint density at radius 3 is 2.04 bits per heavy atom. The van der Waals surface area contributed by atoms with Crippen LogP contribution in [-0.4, -0.2) is 49.3 Å². The molecule has 1 rings (SSSR count). The van der Waals surface area contributed by atoms with Gasteiger partial charge in [0.2, 0.25) is 0 Å². The maximum atomic E-state index is 11.7. The van der Waals surface area contributed by atoms with Crippen molar-refractivity contribution in [2.75, 3.05) is 27.2 Å². The molecule has 1 aliphatic carbocycles. The molecule has 0 bridgehead atoms. The van der Waals surface area contributed by atoms with Crippen LogP contribution in [0, 0.1) is 11.8 Å². The van der Waals surface area contributed by atoms with E-state index in [1.807, 2.05) is 19.0 Å². The SMILES string of the molecule is CCCCCCCCC1CC1CCCCCCCC(=O)OCC(O)CN(C)C. The van der Waals surface area contributed by atoms with Gasteiger partial charge in [-0.25, -0.2) is 0 Å². The van der Waals surface area contributed by atoms with Gasteiger partial charge in [-0.15, -0.1) is 0 Å². The summed E-state index contributed by atoms with van der Waals surface area (Å²) in [6.07, 6.45) is 18.7. The number of likely N-dealkylation sites (N-methyl/N-ethyl adjacent to an activating group) is 1. The van der Waals surface area contributed by atoms with Crippen LogP contribution >= 0.6 is 0 Å². The predicted octanol–water partition coefficient (Wildman–Crippen LogP) is 5.57. The van der Waals surface area contributed by atoms with Crippen LogP contribution in [0.4, 0.5) is 0 Å². The van der Waals surface area contributed by atoms with Gasteiger partial charge in [0, 0.05) is 13.0 Å². The van der Waals surface area contributed by atoms with E-state index in [1.54, 1.807) is 0 Å². The second-order valence-corrected chi connectivity index (χ2v) is 9.22. The first kappa shape index (κ1) is 25.4. The van der Waals surface area contributed by atoms with Crippen molar-refractivity contribution in [1.29, 1.82) is 0 Å². The Kier molecular flexibility index (Phi) is 14.7. The van der Waals surface area contributed by atoms with Gasteiger partial charge in [-0.3, -0.25) is 4.79 Å². The highest BCUT2D eigenvalue weighted by molar-refractivity contribution is 5.69. The second-order valence-electron chi connectivity index (χ2n) is 9.22. The first-order valence-corrected chi connectivity index (χ1v) is 12.0. The Morgan fingerprint density at radius 1 is 0.929 bits per heavy atom. The molecule has 3 atom stereocenters. The van der Waals surface area contributed by atoms with Crippen molar-refractivity contribution < 1.29 is 14.6 Å². The molecular formula is C24H47NO3. The van der Waals surface area contributed by atoms with E-state index in [0.717, 1.165) is 24.7 Å². The molecule has 0 aromatic heterocycles. The van der Waals surface area contributed by atoms with Crippen LogP contribution in [0.2, 0.25) is 0 Å². The van der Waals surface area contributed by atoms with Gasteiger partial charge in [0.05, 0.1) is 0 Å². The molecule has 28 heavy (non-hydrogen) atoms. The summed E-state index contributed by atoms with van der Waals surface area (Å²) in [6.45, 7) is 2.91. The van der Waals surface area contributed by atoms with Gasteiger partial charge in [-0.05, 0) is 38.8 Å². The van der Waals surface area contributed by atoms with E-state index in [4.69, 9.17) is 4.74 Å². The van der Waals surface area contributed by atoms with Gasteiger partial charge in [0.15, 0.2) is 0 Å². The number of esters is 1. The van der Waals surface area contributed by atoms with Crippen LogP contribution in [0.1, 0.15) is 103 Å². The van der Waals surface area contributed by atoms with E-state index in [-0.39, 0.29) is 12.6 Å². The highest BCUT2D eigenvalue weighted by Gasteiger charge is 2.34. The fraction of sp³-hybridized carbons (Fsp3) is 0.958. The van der Waals surface area contributed by atoms with Crippen molar-refractivity contribution >= 4 is 5.97 Å². The monoisotopic (exact) mass is 397 g/mol. The zero-order valence-corrected chi connectivity index (χ0v) is 19.0. The molecule has 4 heteroatoms. The van der Waals surface area contributed by atoms with E-state index in [1.165, 1.54) is 77.0 Å². The standard InChI is InChI=1S/C24H47NO3/c1-4-5-6-7-9-12-15-21-18-22(21)16-13-10-8-11-14-17-24(27)28-20-23(26)19-25(2)3/h21-23,26H,4-20H2,1-3H3. The van der Waals surface area contributed by atoms with Crippen LogP contribution in [0.25, 0.3) is 0 Å². The Morgan fingerprint density at radius 2 is 1.46 bits per heavy atom. The first-order valence-electron chi connectivity index (χ1n) is 12.0. The molecule has 3 unspecified atom stereocenters. The van der Waals surface area contributed by atoms with Gasteiger partial charge in [0.25, 0.3) is 0 Å². The molecule has 0 amide bonds. The topological polar surface area (TPSA) is 49.8 Å². The Labute approximate surface area is 174 Å². The number of unbranched alkanes of at least 4 members (excludes halogenated alkanes) is 9. The molecule has 0 spiro atoms. The van der Waals surface area contributed by atoms with Crippen molar-refractivity contribution in [2.45, 2.75) is 109 Å². The minimum absolute atomic E-state index is 0.109. The Balaban J connectivity index is 1.82. The molecule has 1 aliphatic rings. The molecule has 1 N–H and O–H groups in total. The van der Waals surface area contributed by atoms with Crippen LogP contribution in [-0.2, 0) is 9.53 Å². The number of hydrogen-bond acceptors (Lipinski definition) is 4. The Hall–Kier alpha value is -0.610. The van der Waals surface area contributed by atoms with Crippen LogP contribution in [0.3, 0.4) is 0 Å². The summed E-state index contributed by atoms with van der Waals surface area (Å²) >= 11 is 0. The number of hydrogen-bond donors (Lipinski definition) is 1. The van der Waals surface area contributed by atoms with Crippen LogP contribution in [0.5, 0.6) is 0 Å². The summed E-state index contributed by atoms with van der Waals surface area (Å²) in [7, 11) is 3.79. The summed E-state index contributed by atoms with van der Waals surface area (Å²) in [5.74, 6) is 1.90. The molecule has 0 radical (unpaired) electrons. The molecule has 1 fully saturated rings. The van der Waals surface area contributed by atoms with E-state index < -0.39 is 6.10 Å². The third-order valence-electron chi connectivity index (χ3n) is 5.97. The molecule has 4 nitrogen and oxygen atoms in total. The summed E-state index contributed by atoms with van der Waals surface area (Å²) in [6, 6.07) is 0. The largest absolute Gasteiger partial charge is 0.463 e. The summed E-state index contributed by atoms with van der Waals surface area (Å²) < 4.78 is 5.13. The van der Waals surface area contributed by atoms with Gasteiger partial charge in [-0.2, -0.15) is 0 Å². The van der Waals surface area contributed by atoms with Gasteiger partial charge < -0.3 is 14.7 Å². The predicted molar refractivity (Wildman–Crippen MR) is 117 cm³/mol. The number of aliphatic hydroxyl groups excluding tert-OH is 1. The lowest BCUT2D eigenvalue weighted by Gasteiger charge is -2.15. The van der Waals surface area contributed by atoms with Gasteiger partial charge >= 0.3 is 5.97 Å². The van der Waals surface area contributed by atoms with Crippen molar-refractivity contribution in [2.24, 2.45) is 11.8 Å². The molecule has 0 saturated heterocycles.